The number of carbonyl (C=O) groups excluding carboxylic acids is 1. The van der Waals surface area contributed by atoms with Gasteiger partial charge in [0.15, 0.2) is 0 Å². The van der Waals surface area contributed by atoms with Gasteiger partial charge in [0.2, 0.25) is 11.0 Å². The first-order chi connectivity index (χ1) is 7.93. The Balaban J connectivity index is 2.04. The molecule has 0 radical (unpaired) electrons. The van der Waals surface area contributed by atoms with Crippen LogP contribution >= 0.6 is 11.3 Å². The van der Waals surface area contributed by atoms with Crippen molar-refractivity contribution in [3.05, 3.63) is 17.2 Å². The number of hydrogen-bond donors (Lipinski definition) is 1. The number of amides is 1. The van der Waals surface area contributed by atoms with Crippen LogP contribution in [0.15, 0.2) is 17.2 Å². The van der Waals surface area contributed by atoms with Gasteiger partial charge in [0, 0.05) is 0 Å². The number of allylic oxidation sites excluding steroid dienone is 2. The summed E-state index contributed by atoms with van der Waals surface area (Å²) in [6.07, 6.45) is 2.18. The second-order valence-corrected chi connectivity index (χ2v) is 6.14. The van der Waals surface area contributed by atoms with E-state index in [0.717, 1.165) is 0 Å². The van der Waals surface area contributed by atoms with Gasteiger partial charge in [-0.2, -0.15) is 0 Å². The Hall–Kier alpha value is -1.23. The highest BCUT2D eigenvalue weighted by atomic mass is 32.1. The van der Waals surface area contributed by atoms with E-state index in [9.17, 15) is 4.79 Å². The van der Waals surface area contributed by atoms with Gasteiger partial charge < -0.3 is 5.32 Å². The summed E-state index contributed by atoms with van der Waals surface area (Å²) in [5.41, 5.74) is 2.92. The van der Waals surface area contributed by atoms with Gasteiger partial charge in [0.25, 0.3) is 0 Å². The number of nitrogens with zero attached hydrogens (tertiary/aromatic N) is 2. The fourth-order valence-electron chi connectivity index (χ4n) is 2.26. The molecule has 4 nitrogen and oxygen atoms in total. The summed E-state index contributed by atoms with van der Waals surface area (Å²) in [6, 6.07) is 0. The molecule has 1 N–H and O–H groups in total. The zero-order valence-electron chi connectivity index (χ0n) is 10.5. The van der Waals surface area contributed by atoms with Crippen LogP contribution in [0.1, 0.15) is 27.7 Å². The maximum Gasteiger partial charge on any atom is 0.230 e. The first-order valence-corrected chi connectivity index (χ1v) is 6.53. The van der Waals surface area contributed by atoms with Gasteiger partial charge in [-0.15, -0.1) is 10.2 Å². The van der Waals surface area contributed by atoms with Crippen molar-refractivity contribution in [2.24, 2.45) is 17.3 Å². The minimum absolute atomic E-state index is 0.0429. The van der Waals surface area contributed by atoms with Gasteiger partial charge in [-0.25, -0.2) is 0 Å². The molecule has 17 heavy (non-hydrogen) atoms. The lowest BCUT2D eigenvalue weighted by atomic mass is 10.1. The van der Waals surface area contributed by atoms with Crippen molar-refractivity contribution in [1.82, 2.24) is 10.2 Å². The molecule has 1 aromatic rings. The maximum absolute atomic E-state index is 12.1. The average Bonchev–Trinajstić information content (AvgIpc) is 2.64. The molecule has 1 aromatic heterocycles. The number of nitrogens with one attached hydrogen (secondary N) is 1. The molecule has 0 aromatic carbocycles. The second-order valence-electron chi connectivity index (χ2n) is 5.30. The number of hydrogen-bond acceptors (Lipinski definition) is 4. The van der Waals surface area contributed by atoms with Gasteiger partial charge >= 0.3 is 0 Å². The lowest BCUT2D eigenvalue weighted by Crippen LogP contribution is -2.16. The molecule has 0 bridgehead atoms. The van der Waals surface area contributed by atoms with E-state index in [0.29, 0.717) is 11.0 Å². The third kappa shape index (κ3) is 2.39. The van der Waals surface area contributed by atoms with Crippen LogP contribution < -0.4 is 5.32 Å². The standard InChI is InChI=1S/C12H17N3OS/c1-7(2)5-8-9(12(8,3)4)10(16)14-11-15-13-6-17-11/h5-6,8-9H,1-4H3,(H,14,15,16)/t8-,9+/m0/s1. The number of aromatic nitrogens is 2. The van der Waals surface area contributed by atoms with Crippen LogP contribution in [-0.4, -0.2) is 16.1 Å². The first-order valence-electron chi connectivity index (χ1n) is 5.65. The fraction of sp³-hybridized carbons (Fsp3) is 0.583. The number of rotatable bonds is 3. The van der Waals surface area contributed by atoms with Crippen LogP contribution in [0.3, 0.4) is 0 Å². The number of carbonyl (C=O) groups is 1. The molecule has 5 heteroatoms. The van der Waals surface area contributed by atoms with Crippen molar-refractivity contribution >= 4 is 22.4 Å². The SMILES string of the molecule is CC(C)=C[C@H]1[C@H](C(=O)Nc2nncs2)C1(C)C. The molecule has 1 aliphatic carbocycles. The quantitative estimate of drug-likeness (QED) is 0.840. The van der Waals surface area contributed by atoms with E-state index in [-0.39, 0.29) is 17.2 Å². The summed E-state index contributed by atoms with van der Waals surface area (Å²) in [7, 11) is 0. The Morgan fingerprint density at radius 2 is 2.24 bits per heavy atom. The fourth-order valence-corrected chi connectivity index (χ4v) is 2.71. The Kier molecular flexibility index (Phi) is 3.03. The summed E-state index contributed by atoms with van der Waals surface area (Å²) in [5.74, 6) is 0.427. The molecule has 1 fully saturated rings. The molecule has 0 unspecified atom stereocenters. The lowest BCUT2D eigenvalue weighted by Gasteiger charge is -2.01. The molecular formula is C12H17N3OS. The summed E-state index contributed by atoms with van der Waals surface area (Å²) in [6.45, 7) is 8.38. The Labute approximate surface area is 105 Å². The zero-order chi connectivity index (χ0) is 12.6. The van der Waals surface area contributed by atoms with Crippen molar-refractivity contribution in [3.63, 3.8) is 0 Å². The Bertz CT molecular complexity index is 446. The van der Waals surface area contributed by atoms with E-state index in [1.54, 1.807) is 5.51 Å². The smallest absolute Gasteiger partial charge is 0.230 e. The van der Waals surface area contributed by atoms with Crippen molar-refractivity contribution < 1.29 is 4.79 Å². The zero-order valence-corrected chi connectivity index (χ0v) is 11.3. The van der Waals surface area contributed by atoms with E-state index < -0.39 is 0 Å². The van der Waals surface area contributed by atoms with E-state index in [4.69, 9.17) is 0 Å². The summed E-state index contributed by atoms with van der Waals surface area (Å²) >= 11 is 1.34. The minimum atomic E-state index is 0.0429. The summed E-state index contributed by atoms with van der Waals surface area (Å²) < 4.78 is 0. The number of anilines is 1. The van der Waals surface area contributed by atoms with Gasteiger partial charge in [-0.3, -0.25) is 4.79 Å². The molecule has 0 saturated heterocycles. The largest absolute Gasteiger partial charge is 0.300 e. The van der Waals surface area contributed by atoms with Crippen molar-refractivity contribution in [2.75, 3.05) is 5.32 Å². The maximum atomic E-state index is 12.1. The van der Waals surface area contributed by atoms with Crippen molar-refractivity contribution in [1.29, 1.82) is 0 Å². The van der Waals surface area contributed by atoms with E-state index >= 15 is 0 Å². The van der Waals surface area contributed by atoms with Crippen LogP contribution in [0.4, 0.5) is 5.13 Å². The summed E-state index contributed by atoms with van der Waals surface area (Å²) in [5, 5.41) is 10.9. The van der Waals surface area contributed by atoms with Crippen molar-refractivity contribution in [3.8, 4) is 0 Å². The molecule has 92 valence electrons. The van der Waals surface area contributed by atoms with Crippen LogP contribution in [0, 0.1) is 17.3 Å². The molecule has 0 spiro atoms. The highest BCUT2D eigenvalue weighted by molar-refractivity contribution is 7.13. The summed E-state index contributed by atoms with van der Waals surface area (Å²) in [4.78, 5) is 12.1. The molecule has 1 amide bonds. The van der Waals surface area contributed by atoms with Gasteiger partial charge in [-0.1, -0.05) is 36.8 Å². The Morgan fingerprint density at radius 1 is 1.53 bits per heavy atom. The molecular weight excluding hydrogens is 234 g/mol. The molecule has 0 aliphatic heterocycles. The van der Waals surface area contributed by atoms with Crippen LogP contribution in [-0.2, 0) is 4.79 Å². The van der Waals surface area contributed by atoms with Gasteiger partial charge in [0.05, 0.1) is 5.92 Å². The van der Waals surface area contributed by atoms with Crippen LogP contribution in [0.5, 0.6) is 0 Å². The lowest BCUT2D eigenvalue weighted by molar-refractivity contribution is -0.118. The minimum Gasteiger partial charge on any atom is -0.300 e. The molecule has 2 atom stereocenters. The Morgan fingerprint density at radius 3 is 2.76 bits per heavy atom. The van der Waals surface area contributed by atoms with E-state index in [2.05, 4.69) is 49.3 Å². The monoisotopic (exact) mass is 251 g/mol. The van der Waals surface area contributed by atoms with E-state index in [1.165, 1.54) is 16.9 Å². The predicted molar refractivity (Wildman–Crippen MR) is 68.7 cm³/mol. The van der Waals surface area contributed by atoms with E-state index in [1.807, 2.05) is 0 Å². The topological polar surface area (TPSA) is 54.9 Å². The van der Waals surface area contributed by atoms with Gasteiger partial charge in [-0.05, 0) is 25.2 Å². The van der Waals surface area contributed by atoms with Crippen molar-refractivity contribution in [2.45, 2.75) is 27.7 Å². The molecule has 2 rings (SSSR count). The highest BCUT2D eigenvalue weighted by Crippen LogP contribution is 2.59. The molecule has 1 heterocycles. The molecule has 1 aliphatic rings. The molecule has 1 saturated carbocycles. The second kappa shape index (κ2) is 4.22. The van der Waals surface area contributed by atoms with Gasteiger partial charge in [0.1, 0.15) is 5.51 Å². The third-order valence-corrected chi connectivity index (χ3v) is 3.90. The predicted octanol–water partition coefficient (Wildman–Crippen LogP) is 2.72. The normalized spacial score (nSPS) is 25.2. The van der Waals surface area contributed by atoms with Crippen LogP contribution in [0.2, 0.25) is 0 Å². The van der Waals surface area contributed by atoms with Crippen LogP contribution in [0.25, 0.3) is 0 Å². The highest BCUT2D eigenvalue weighted by Gasteiger charge is 2.60. The average molecular weight is 251 g/mol. The first kappa shape index (κ1) is 12.2. The third-order valence-electron chi connectivity index (χ3n) is 3.30.